The van der Waals surface area contributed by atoms with Gasteiger partial charge in [-0.2, -0.15) is 0 Å². The molecule has 2 aliphatic rings. The van der Waals surface area contributed by atoms with Crippen molar-refractivity contribution in [2.75, 3.05) is 6.61 Å². The molecule has 1 aromatic carbocycles. The molecule has 1 aromatic rings. The van der Waals surface area contributed by atoms with Crippen LogP contribution in [-0.4, -0.2) is 6.61 Å². The van der Waals surface area contributed by atoms with E-state index >= 15 is 0 Å². The predicted octanol–water partition coefficient (Wildman–Crippen LogP) is 7.59. The highest BCUT2D eigenvalue weighted by molar-refractivity contribution is 6.25. The number of ether oxygens (including phenoxy) is 1. The van der Waals surface area contributed by atoms with Crippen LogP contribution in [0.5, 0.6) is 5.75 Å². The van der Waals surface area contributed by atoms with E-state index < -0.39 is 11.6 Å². The van der Waals surface area contributed by atoms with Crippen molar-refractivity contribution >= 4 is 11.6 Å². The molecule has 0 radical (unpaired) electrons. The first-order valence-corrected chi connectivity index (χ1v) is 10.9. The summed E-state index contributed by atoms with van der Waals surface area (Å²) in [5.41, 5.74) is 2.45. The van der Waals surface area contributed by atoms with Crippen LogP contribution in [0.15, 0.2) is 23.7 Å². The fourth-order valence-electron chi connectivity index (χ4n) is 4.99. The third-order valence-electron chi connectivity index (χ3n) is 6.54. The molecule has 0 aromatic heterocycles. The standard InChI is InChI=1S/C23H31ClF2O/c1-2-13-27-23-21(25)14-20(15-22(23)26)19-9-7-18(8-10-19)17-5-3-16(4-6-17)11-12-24/h11-12,14-19H,2-10,13H2,1H3/b12-11+. The molecule has 0 atom stereocenters. The van der Waals surface area contributed by atoms with E-state index in [1.54, 1.807) is 5.54 Å². The van der Waals surface area contributed by atoms with E-state index in [0.29, 0.717) is 12.5 Å². The maximum Gasteiger partial charge on any atom is 0.190 e. The molecule has 1 nitrogen and oxygen atoms in total. The van der Waals surface area contributed by atoms with Gasteiger partial charge in [-0.3, -0.25) is 0 Å². The normalized spacial score (nSPS) is 29.2. The number of halogens is 3. The highest BCUT2D eigenvalue weighted by Crippen LogP contribution is 2.44. The van der Waals surface area contributed by atoms with Crippen LogP contribution in [0.1, 0.15) is 76.2 Å². The Morgan fingerprint density at radius 2 is 1.52 bits per heavy atom. The molecule has 0 amide bonds. The molecule has 0 bridgehead atoms. The molecule has 27 heavy (non-hydrogen) atoms. The topological polar surface area (TPSA) is 9.23 Å². The van der Waals surface area contributed by atoms with E-state index in [1.165, 1.54) is 50.7 Å². The van der Waals surface area contributed by atoms with E-state index in [1.807, 2.05) is 6.92 Å². The Balaban J connectivity index is 1.55. The fraction of sp³-hybridized carbons (Fsp3) is 0.652. The van der Waals surface area contributed by atoms with Crippen LogP contribution in [0, 0.1) is 29.4 Å². The maximum absolute atomic E-state index is 14.3. The van der Waals surface area contributed by atoms with Crippen LogP contribution >= 0.6 is 11.6 Å². The highest BCUT2D eigenvalue weighted by atomic mass is 35.5. The number of benzene rings is 1. The number of hydrogen-bond acceptors (Lipinski definition) is 1. The Bertz CT molecular complexity index is 606. The average Bonchev–Trinajstić information content (AvgIpc) is 2.68. The second kappa shape index (κ2) is 9.91. The fourth-order valence-corrected chi connectivity index (χ4v) is 5.20. The minimum absolute atomic E-state index is 0.225. The van der Waals surface area contributed by atoms with Crippen LogP contribution < -0.4 is 4.74 Å². The van der Waals surface area contributed by atoms with E-state index in [9.17, 15) is 8.78 Å². The first-order chi connectivity index (χ1) is 13.1. The average molecular weight is 397 g/mol. The molecule has 2 saturated carbocycles. The predicted molar refractivity (Wildman–Crippen MR) is 107 cm³/mol. The summed E-state index contributed by atoms with van der Waals surface area (Å²) in [7, 11) is 0. The third-order valence-corrected chi connectivity index (χ3v) is 6.69. The van der Waals surface area contributed by atoms with Gasteiger partial charge in [0.1, 0.15) is 0 Å². The van der Waals surface area contributed by atoms with Gasteiger partial charge in [-0.1, -0.05) is 24.6 Å². The van der Waals surface area contributed by atoms with Crippen molar-refractivity contribution in [3.8, 4) is 5.75 Å². The highest BCUT2D eigenvalue weighted by Gasteiger charge is 2.31. The van der Waals surface area contributed by atoms with Crippen LogP contribution in [0.2, 0.25) is 0 Å². The molecular weight excluding hydrogens is 366 g/mol. The first kappa shape index (κ1) is 20.6. The lowest BCUT2D eigenvalue weighted by Crippen LogP contribution is -2.25. The van der Waals surface area contributed by atoms with Gasteiger partial charge < -0.3 is 4.74 Å². The second-order valence-corrected chi connectivity index (χ2v) is 8.52. The van der Waals surface area contributed by atoms with Gasteiger partial charge in [0.25, 0.3) is 0 Å². The van der Waals surface area contributed by atoms with Crippen LogP contribution in [0.3, 0.4) is 0 Å². The molecule has 0 aliphatic heterocycles. The van der Waals surface area contributed by atoms with E-state index in [2.05, 4.69) is 6.08 Å². The quantitative estimate of drug-likeness (QED) is 0.481. The maximum atomic E-state index is 14.3. The van der Waals surface area contributed by atoms with Gasteiger partial charge in [0.05, 0.1) is 6.61 Å². The van der Waals surface area contributed by atoms with Gasteiger partial charge >= 0.3 is 0 Å². The van der Waals surface area contributed by atoms with Crippen molar-refractivity contribution < 1.29 is 13.5 Å². The molecule has 0 unspecified atom stereocenters. The molecule has 0 saturated heterocycles. The minimum atomic E-state index is -0.564. The molecule has 2 aliphatic carbocycles. The Kier molecular flexibility index (Phi) is 7.57. The summed E-state index contributed by atoms with van der Waals surface area (Å²) in [6.07, 6.45) is 12.3. The van der Waals surface area contributed by atoms with Crippen LogP contribution in [-0.2, 0) is 0 Å². The van der Waals surface area contributed by atoms with Crippen molar-refractivity contribution in [3.63, 3.8) is 0 Å². The van der Waals surface area contributed by atoms with E-state index in [4.69, 9.17) is 16.3 Å². The van der Waals surface area contributed by atoms with Crippen molar-refractivity contribution in [2.45, 2.75) is 70.6 Å². The summed E-state index contributed by atoms with van der Waals surface area (Å²) in [4.78, 5) is 0. The smallest absolute Gasteiger partial charge is 0.190 e. The molecule has 150 valence electrons. The zero-order valence-electron chi connectivity index (χ0n) is 16.2. The van der Waals surface area contributed by atoms with Crippen molar-refractivity contribution in [3.05, 3.63) is 40.9 Å². The SMILES string of the molecule is CCCOc1c(F)cc(C2CCC(C3CCC(/C=C/Cl)CC3)CC2)cc1F. The van der Waals surface area contributed by atoms with Crippen LogP contribution in [0.25, 0.3) is 0 Å². The van der Waals surface area contributed by atoms with Gasteiger partial charge in [-0.15, -0.1) is 0 Å². The largest absolute Gasteiger partial charge is 0.488 e. The third kappa shape index (κ3) is 5.25. The van der Waals surface area contributed by atoms with Gasteiger partial charge in [0.15, 0.2) is 17.4 Å². The zero-order chi connectivity index (χ0) is 19.2. The summed E-state index contributed by atoms with van der Waals surface area (Å²) in [6, 6.07) is 2.98. The molecule has 0 heterocycles. The van der Waals surface area contributed by atoms with Crippen molar-refractivity contribution in [2.24, 2.45) is 17.8 Å². The summed E-state index contributed by atoms with van der Waals surface area (Å²) < 4.78 is 33.8. The van der Waals surface area contributed by atoms with E-state index in [-0.39, 0.29) is 11.7 Å². The van der Waals surface area contributed by atoms with Gasteiger partial charge in [-0.25, -0.2) is 8.78 Å². The lowest BCUT2D eigenvalue weighted by Gasteiger charge is -2.37. The Hall–Kier alpha value is -1.09. The first-order valence-electron chi connectivity index (χ1n) is 10.5. The molecule has 0 N–H and O–H groups in total. The molecule has 4 heteroatoms. The van der Waals surface area contributed by atoms with E-state index in [0.717, 1.165) is 36.7 Å². The van der Waals surface area contributed by atoms with Gasteiger partial charge in [0.2, 0.25) is 0 Å². The Labute approximate surface area is 167 Å². The number of allylic oxidation sites excluding steroid dienone is 1. The number of hydrogen-bond donors (Lipinski definition) is 0. The van der Waals surface area contributed by atoms with Crippen LogP contribution in [0.4, 0.5) is 8.78 Å². The minimum Gasteiger partial charge on any atom is -0.488 e. The van der Waals surface area contributed by atoms with Gasteiger partial charge in [-0.05, 0) is 99.2 Å². The monoisotopic (exact) mass is 396 g/mol. The summed E-state index contributed by atoms with van der Waals surface area (Å²) in [5, 5.41) is 0. The second-order valence-electron chi connectivity index (χ2n) is 8.27. The molecular formula is C23H31ClF2O. The Morgan fingerprint density at radius 1 is 0.963 bits per heavy atom. The summed E-state index contributed by atoms with van der Waals surface area (Å²) in [6.45, 7) is 2.25. The van der Waals surface area contributed by atoms with Gasteiger partial charge in [0, 0.05) is 5.54 Å². The van der Waals surface area contributed by atoms with Crippen molar-refractivity contribution in [1.82, 2.24) is 0 Å². The summed E-state index contributed by atoms with van der Waals surface area (Å²) in [5.74, 6) is 1.14. The molecule has 0 spiro atoms. The lowest BCUT2D eigenvalue weighted by atomic mass is 9.68. The number of rotatable bonds is 6. The lowest BCUT2D eigenvalue weighted by molar-refractivity contribution is 0.171. The summed E-state index contributed by atoms with van der Waals surface area (Å²) >= 11 is 5.71. The Morgan fingerprint density at radius 3 is 2.04 bits per heavy atom. The molecule has 3 rings (SSSR count). The van der Waals surface area contributed by atoms with Crippen molar-refractivity contribution in [1.29, 1.82) is 0 Å². The molecule has 2 fully saturated rings. The zero-order valence-corrected chi connectivity index (χ0v) is 17.0.